The van der Waals surface area contributed by atoms with Gasteiger partial charge in [-0.1, -0.05) is 11.3 Å². The van der Waals surface area contributed by atoms with Crippen molar-refractivity contribution in [3.05, 3.63) is 23.2 Å². The Balaban J connectivity index is 2.08. The molecule has 0 aromatic carbocycles. The molecule has 0 atom stereocenters. The van der Waals surface area contributed by atoms with Gasteiger partial charge in [-0.05, 0) is 13.0 Å². The molecule has 20 heavy (non-hydrogen) atoms. The Bertz CT molecular complexity index is 596. The number of rotatable bonds is 5. The zero-order valence-electron chi connectivity index (χ0n) is 11.1. The van der Waals surface area contributed by atoms with E-state index in [1.807, 2.05) is 6.92 Å². The highest BCUT2D eigenvalue weighted by atomic mass is 32.1. The summed E-state index contributed by atoms with van der Waals surface area (Å²) in [6.07, 6.45) is 1.53. The van der Waals surface area contributed by atoms with Crippen LogP contribution in [0.5, 0.6) is 5.88 Å². The van der Waals surface area contributed by atoms with Gasteiger partial charge >= 0.3 is 0 Å². The molecular weight excluding hydrogens is 278 g/mol. The quantitative estimate of drug-likeness (QED) is 0.777. The lowest BCUT2D eigenvalue weighted by atomic mass is 10.4. The molecule has 2 rings (SSSR count). The molecule has 7 nitrogen and oxygen atoms in total. The van der Waals surface area contributed by atoms with Gasteiger partial charge in [-0.3, -0.25) is 4.79 Å². The number of hydrogen-bond donors (Lipinski definition) is 3. The van der Waals surface area contributed by atoms with E-state index in [0.717, 1.165) is 0 Å². The zero-order chi connectivity index (χ0) is 14.5. The van der Waals surface area contributed by atoms with Gasteiger partial charge in [0.05, 0.1) is 18.5 Å². The van der Waals surface area contributed by atoms with Crippen LogP contribution >= 0.6 is 11.3 Å². The van der Waals surface area contributed by atoms with Crippen molar-refractivity contribution >= 4 is 33.9 Å². The highest BCUT2D eigenvalue weighted by Crippen LogP contribution is 2.25. The molecule has 4 N–H and O–H groups in total. The molecule has 0 bridgehead atoms. The van der Waals surface area contributed by atoms with Crippen molar-refractivity contribution in [3.63, 3.8) is 0 Å². The monoisotopic (exact) mass is 293 g/mol. The molecule has 1 amide bonds. The SMILES string of the molecule is CCOc1ccc(NC(=O)c2sc(NC)nc2N)cn1. The van der Waals surface area contributed by atoms with E-state index in [4.69, 9.17) is 10.5 Å². The number of carbonyl (C=O) groups excluding carboxylic acids is 1. The fraction of sp³-hybridized carbons (Fsp3) is 0.250. The van der Waals surface area contributed by atoms with Gasteiger partial charge in [0.1, 0.15) is 10.7 Å². The number of nitrogens with one attached hydrogen (secondary N) is 2. The van der Waals surface area contributed by atoms with E-state index >= 15 is 0 Å². The summed E-state index contributed by atoms with van der Waals surface area (Å²) in [5, 5.41) is 6.15. The van der Waals surface area contributed by atoms with Crippen LogP contribution in [0.4, 0.5) is 16.6 Å². The summed E-state index contributed by atoms with van der Waals surface area (Å²) in [5.74, 6) is 0.406. The third kappa shape index (κ3) is 3.15. The Morgan fingerprint density at radius 2 is 2.30 bits per heavy atom. The minimum atomic E-state index is -0.313. The van der Waals surface area contributed by atoms with Gasteiger partial charge in [0, 0.05) is 13.1 Å². The van der Waals surface area contributed by atoms with Crippen molar-refractivity contribution in [2.75, 3.05) is 30.0 Å². The van der Waals surface area contributed by atoms with Crippen LogP contribution in [0.2, 0.25) is 0 Å². The van der Waals surface area contributed by atoms with E-state index in [0.29, 0.717) is 28.2 Å². The Morgan fingerprint density at radius 3 is 2.85 bits per heavy atom. The Kier molecular flexibility index (Phi) is 4.36. The molecule has 0 aliphatic carbocycles. The fourth-order valence-electron chi connectivity index (χ4n) is 1.48. The standard InChI is InChI=1S/C12H15N5O2S/c1-3-19-8-5-4-7(6-15-8)16-11(18)9-10(13)17-12(14-2)20-9/h4-6H,3,13H2,1-2H3,(H,14,17)(H,16,18). The number of carbonyl (C=O) groups is 1. The number of nitrogen functional groups attached to an aromatic ring is 1. The summed E-state index contributed by atoms with van der Waals surface area (Å²) in [6, 6.07) is 3.40. The topological polar surface area (TPSA) is 102 Å². The predicted molar refractivity (Wildman–Crippen MR) is 79.4 cm³/mol. The highest BCUT2D eigenvalue weighted by molar-refractivity contribution is 7.18. The van der Waals surface area contributed by atoms with Crippen LogP contribution in [-0.4, -0.2) is 29.5 Å². The van der Waals surface area contributed by atoms with Crippen LogP contribution in [0.1, 0.15) is 16.6 Å². The van der Waals surface area contributed by atoms with Crippen LogP contribution < -0.4 is 21.1 Å². The van der Waals surface area contributed by atoms with E-state index in [2.05, 4.69) is 20.6 Å². The van der Waals surface area contributed by atoms with Crippen molar-refractivity contribution < 1.29 is 9.53 Å². The first-order valence-electron chi connectivity index (χ1n) is 5.98. The minimum Gasteiger partial charge on any atom is -0.478 e. The molecule has 0 aliphatic rings. The molecule has 0 saturated heterocycles. The maximum atomic E-state index is 12.1. The number of nitrogens with zero attached hydrogens (tertiary/aromatic N) is 2. The van der Waals surface area contributed by atoms with Crippen molar-refractivity contribution in [3.8, 4) is 5.88 Å². The largest absolute Gasteiger partial charge is 0.478 e. The molecule has 0 fully saturated rings. The van der Waals surface area contributed by atoms with Crippen LogP contribution in [0.15, 0.2) is 18.3 Å². The molecule has 2 aromatic rings. The molecular formula is C12H15N5O2S. The molecule has 0 aliphatic heterocycles. The predicted octanol–water partition coefficient (Wildman–Crippen LogP) is 1.81. The van der Waals surface area contributed by atoms with Gasteiger partial charge in [0.2, 0.25) is 5.88 Å². The molecule has 8 heteroatoms. The second kappa shape index (κ2) is 6.20. The molecule has 2 aromatic heterocycles. The zero-order valence-corrected chi connectivity index (χ0v) is 12.0. The fourth-order valence-corrected chi connectivity index (χ4v) is 2.21. The average Bonchev–Trinajstić information content (AvgIpc) is 2.83. The van der Waals surface area contributed by atoms with Gasteiger partial charge in [-0.15, -0.1) is 0 Å². The summed E-state index contributed by atoms with van der Waals surface area (Å²) in [4.78, 5) is 20.5. The maximum absolute atomic E-state index is 12.1. The summed E-state index contributed by atoms with van der Waals surface area (Å²) in [7, 11) is 1.72. The van der Waals surface area contributed by atoms with Crippen LogP contribution in [0.25, 0.3) is 0 Å². The van der Waals surface area contributed by atoms with Gasteiger partial charge in [0.15, 0.2) is 5.13 Å². The molecule has 0 unspecified atom stereocenters. The van der Waals surface area contributed by atoms with Crippen LogP contribution in [0, 0.1) is 0 Å². The Morgan fingerprint density at radius 1 is 1.50 bits per heavy atom. The van der Waals surface area contributed by atoms with Crippen molar-refractivity contribution in [1.29, 1.82) is 0 Å². The number of hydrogen-bond acceptors (Lipinski definition) is 7. The van der Waals surface area contributed by atoms with E-state index in [1.165, 1.54) is 17.5 Å². The van der Waals surface area contributed by atoms with Gasteiger partial charge in [0.25, 0.3) is 5.91 Å². The first kappa shape index (κ1) is 14.1. The number of ether oxygens (including phenoxy) is 1. The van der Waals surface area contributed by atoms with E-state index < -0.39 is 0 Å². The van der Waals surface area contributed by atoms with E-state index in [-0.39, 0.29) is 11.7 Å². The smallest absolute Gasteiger partial charge is 0.269 e. The summed E-state index contributed by atoms with van der Waals surface area (Å²) in [6.45, 7) is 2.42. The van der Waals surface area contributed by atoms with Crippen molar-refractivity contribution in [2.24, 2.45) is 0 Å². The maximum Gasteiger partial charge on any atom is 0.269 e. The van der Waals surface area contributed by atoms with Gasteiger partial charge in [-0.25, -0.2) is 9.97 Å². The van der Waals surface area contributed by atoms with Crippen LogP contribution in [-0.2, 0) is 0 Å². The number of thiazole rings is 1. The van der Waals surface area contributed by atoms with Gasteiger partial charge in [-0.2, -0.15) is 0 Å². The highest BCUT2D eigenvalue weighted by Gasteiger charge is 2.16. The van der Waals surface area contributed by atoms with Crippen molar-refractivity contribution in [2.45, 2.75) is 6.92 Å². The second-order valence-electron chi connectivity index (χ2n) is 3.76. The van der Waals surface area contributed by atoms with Gasteiger partial charge < -0.3 is 21.1 Å². The minimum absolute atomic E-state index is 0.204. The Hall–Kier alpha value is -2.35. The number of aromatic nitrogens is 2. The normalized spacial score (nSPS) is 10.1. The molecule has 0 saturated carbocycles. The van der Waals surface area contributed by atoms with E-state index in [9.17, 15) is 4.79 Å². The Labute approximate surface area is 120 Å². The third-order valence-corrected chi connectivity index (χ3v) is 3.45. The summed E-state index contributed by atoms with van der Waals surface area (Å²) >= 11 is 1.19. The molecule has 0 radical (unpaired) electrons. The lowest BCUT2D eigenvalue weighted by Gasteiger charge is -2.05. The molecule has 2 heterocycles. The van der Waals surface area contributed by atoms with E-state index in [1.54, 1.807) is 19.2 Å². The summed E-state index contributed by atoms with van der Waals surface area (Å²) < 4.78 is 5.23. The van der Waals surface area contributed by atoms with Crippen molar-refractivity contribution in [1.82, 2.24) is 9.97 Å². The average molecular weight is 293 g/mol. The number of anilines is 3. The van der Waals surface area contributed by atoms with Crippen LogP contribution in [0.3, 0.4) is 0 Å². The number of pyridine rings is 1. The second-order valence-corrected chi connectivity index (χ2v) is 4.75. The first-order chi connectivity index (χ1) is 9.63. The lowest BCUT2D eigenvalue weighted by Crippen LogP contribution is -2.12. The first-order valence-corrected chi connectivity index (χ1v) is 6.80. The summed E-state index contributed by atoms with van der Waals surface area (Å²) in [5.41, 5.74) is 6.26. The number of nitrogens with two attached hydrogens (primary N) is 1. The number of amides is 1. The molecule has 0 spiro atoms. The molecule has 106 valence electrons. The third-order valence-electron chi connectivity index (χ3n) is 2.36. The lowest BCUT2D eigenvalue weighted by molar-refractivity contribution is 0.103.